The minimum Gasteiger partial charge on any atom is -0.504 e. The zero-order chi connectivity index (χ0) is 16.1. The first-order valence-electron chi connectivity index (χ1n) is 7.69. The number of hydrogen-bond acceptors (Lipinski definition) is 4. The van der Waals surface area contributed by atoms with E-state index in [9.17, 15) is 5.11 Å². The van der Waals surface area contributed by atoms with Gasteiger partial charge in [0.15, 0.2) is 11.5 Å². The summed E-state index contributed by atoms with van der Waals surface area (Å²) in [6.45, 7) is 5.65. The Hall–Kier alpha value is -2.62. The van der Waals surface area contributed by atoms with E-state index < -0.39 is 6.29 Å². The van der Waals surface area contributed by atoms with E-state index in [1.54, 1.807) is 0 Å². The molecule has 0 saturated carbocycles. The van der Waals surface area contributed by atoms with Gasteiger partial charge in [-0.25, -0.2) is 0 Å². The Morgan fingerprint density at radius 2 is 1.74 bits per heavy atom. The average molecular weight is 310 g/mol. The van der Waals surface area contributed by atoms with Crippen molar-refractivity contribution >= 4 is 5.76 Å². The maximum atomic E-state index is 10.3. The standard InChI is InChI=1S/C19H18O4/c1-10-9-14-15-18(21-12(3)22-19(15)16(10)20)11(2)17(23-14)13-7-5-4-6-8-13/h4-9,12,17,20H,1-3H3. The molecule has 4 rings (SSSR count). The molecule has 0 aromatic heterocycles. The van der Waals surface area contributed by atoms with E-state index in [-0.39, 0.29) is 11.9 Å². The number of hydrogen-bond donors (Lipinski definition) is 1. The van der Waals surface area contributed by atoms with Crippen LogP contribution in [0.4, 0.5) is 0 Å². The summed E-state index contributed by atoms with van der Waals surface area (Å²) in [6, 6.07) is 11.9. The van der Waals surface area contributed by atoms with Gasteiger partial charge in [0.25, 0.3) is 0 Å². The number of ether oxygens (including phenoxy) is 3. The van der Waals surface area contributed by atoms with Gasteiger partial charge in [-0.05, 0) is 31.0 Å². The Balaban J connectivity index is 1.94. The van der Waals surface area contributed by atoms with Crippen LogP contribution in [0.1, 0.15) is 36.6 Å². The van der Waals surface area contributed by atoms with Crippen molar-refractivity contribution in [3.63, 3.8) is 0 Å². The molecular weight excluding hydrogens is 292 g/mol. The average Bonchev–Trinajstić information content (AvgIpc) is 2.55. The van der Waals surface area contributed by atoms with Crippen molar-refractivity contribution in [2.75, 3.05) is 0 Å². The van der Waals surface area contributed by atoms with Gasteiger partial charge in [-0.15, -0.1) is 0 Å². The van der Waals surface area contributed by atoms with Crippen LogP contribution in [0.5, 0.6) is 17.2 Å². The number of aryl methyl sites for hydroxylation is 1. The van der Waals surface area contributed by atoms with Gasteiger partial charge in [0.05, 0.1) is 0 Å². The van der Waals surface area contributed by atoms with Crippen LogP contribution in [0.2, 0.25) is 0 Å². The second-order valence-electron chi connectivity index (χ2n) is 5.97. The van der Waals surface area contributed by atoms with E-state index in [4.69, 9.17) is 14.2 Å². The maximum absolute atomic E-state index is 10.3. The molecule has 0 amide bonds. The first kappa shape index (κ1) is 14.0. The van der Waals surface area contributed by atoms with Gasteiger partial charge in [-0.1, -0.05) is 30.3 Å². The van der Waals surface area contributed by atoms with Crippen molar-refractivity contribution in [2.45, 2.75) is 33.2 Å². The van der Waals surface area contributed by atoms with Crippen molar-refractivity contribution in [3.8, 4) is 17.2 Å². The monoisotopic (exact) mass is 310 g/mol. The quantitative estimate of drug-likeness (QED) is 0.852. The van der Waals surface area contributed by atoms with E-state index in [1.165, 1.54) is 0 Å². The summed E-state index contributed by atoms with van der Waals surface area (Å²) in [5.41, 5.74) is 3.47. The molecule has 2 aromatic rings. The predicted molar refractivity (Wildman–Crippen MR) is 86.4 cm³/mol. The van der Waals surface area contributed by atoms with Crippen molar-refractivity contribution in [1.29, 1.82) is 0 Å². The molecule has 0 aliphatic carbocycles. The Kier molecular flexibility index (Phi) is 3.01. The molecule has 2 aromatic carbocycles. The Labute approximate surface area is 134 Å². The molecule has 2 unspecified atom stereocenters. The molecule has 4 nitrogen and oxygen atoms in total. The number of phenolic OH excluding ortho intramolecular Hbond substituents is 1. The van der Waals surface area contributed by atoms with Crippen molar-refractivity contribution in [2.24, 2.45) is 0 Å². The largest absolute Gasteiger partial charge is 0.504 e. The van der Waals surface area contributed by atoms with E-state index in [2.05, 4.69) is 0 Å². The molecule has 0 bridgehead atoms. The fraction of sp³-hybridized carbons (Fsp3) is 0.263. The number of rotatable bonds is 1. The smallest absolute Gasteiger partial charge is 0.238 e. The minimum absolute atomic E-state index is 0.144. The van der Waals surface area contributed by atoms with Gasteiger partial charge in [-0.3, -0.25) is 0 Å². The van der Waals surface area contributed by atoms with Crippen LogP contribution < -0.4 is 9.47 Å². The zero-order valence-electron chi connectivity index (χ0n) is 13.3. The maximum Gasteiger partial charge on any atom is 0.238 e. The third-order valence-corrected chi connectivity index (χ3v) is 4.30. The topological polar surface area (TPSA) is 47.9 Å². The van der Waals surface area contributed by atoms with Crippen LogP contribution in [0.3, 0.4) is 0 Å². The van der Waals surface area contributed by atoms with Crippen LogP contribution in [0.15, 0.2) is 42.0 Å². The molecule has 0 radical (unpaired) electrons. The summed E-state index contributed by atoms with van der Waals surface area (Å²) < 4.78 is 17.8. The molecule has 118 valence electrons. The molecule has 2 heterocycles. The van der Waals surface area contributed by atoms with E-state index in [1.807, 2.05) is 57.2 Å². The fourth-order valence-corrected chi connectivity index (χ4v) is 3.15. The predicted octanol–water partition coefficient (Wildman–Crippen LogP) is 4.32. The fourth-order valence-electron chi connectivity index (χ4n) is 3.15. The molecule has 2 aliphatic rings. The molecule has 1 N–H and O–H groups in total. The van der Waals surface area contributed by atoms with Gasteiger partial charge >= 0.3 is 0 Å². The normalized spacial score (nSPS) is 21.9. The van der Waals surface area contributed by atoms with Crippen LogP contribution in [-0.2, 0) is 4.74 Å². The van der Waals surface area contributed by atoms with Crippen LogP contribution in [-0.4, -0.2) is 11.4 Å². The zero-order valence-corrected chi connectivity index (χ0v) is 13.3. The van der Waals surface area contributed by atoms with Gasteiger partial charge in [-0.2, -0.15) is 0 Å². The lowest BCUT2D eigenvalue weighted by Gasteiger charge is -2.36. The molecule has 2 atom stereocenters. The molecule has 2 aliphatic heterocycles. The lowest BCUT2D eigenvalue weighted by atomic mass is 9.93. The SMILES string of the molecule is CC1=C2OC(C)Oc3c(O)c(C)cc(c32)OC1c1ccccc1. The molecule has 0 spiro atoms. The van der Waals surface area contributed by atoms with Crippen LogP contribution in [0.25, 0.3) is 5.76 Å². The molecule has 0 saturated heterocycles. The summed E-state index contributed by atoms with van der Waals surface area (Å²) >= 11 is 0. The van der Waals surface area contributed by atoms with Gasteiger partial charge in [0, 0.05) is 12.5 Å². The van der Waals surface area contributed by atoms with Crippen molar-refractivity contribution in [3.05, 3.63) is 58.7 Å². The van der Waals surface area contributed by atoms with Crippen LogP contribution >= 0.6 is 0 Å². The lowest BCUT2D eigenvalue weighted by Crippen LogP contribution is -2.27. The highest BCUT2D eigenvalue weighted by atomic mass is 16.7. The summed E-state index contributed by atoms with van der Waals surface area (Å²) in [5.74, 6) is 2.01. The molecule has 4 heteroatoms. The second kappa shape index (κ2) is 4.95. The number of phenols is 1. The summed E-state index contributed by atoms with van der Waals surface area (Å²) in [4.78, 5) is 0. The number of aromatic hydroxyl groups is 1. The Morgan fingerprint density at radius 1 is 1.00 bits per heavy atom. The van der Waals surface area contributed by atoms with E-state index >= 15 is 0 Å². The third-order valence-electron chi connectivity index (χ3n) is 4.30. The highest BCUT2D eigenvalue weighted by Crippen LogP contribution is 2.53. The number of benzene rings is 2. The van der Waals surface area contributed by atoms with Gasteiger partial charge in [0.2, 0.25) is 6.29 Å². The molecular formula is C19H18O4. The van der Waals surface area contributed by atoms with Crippen LogP contribution in [0, 0.1) is 6.92 Å². The Bertz CT molecular complexity index is 808. The third kappa shape index (κ3) is 2.05. The van der Waals surface area contributed by atoms with Gasteiger partial charge in [0.1, 0.15) is 23.2 Å². The highest BCUT2D eigenvalue weighted by molar-refractivity contribution is 5.80. The van der Waals surface area contributed by atoms with E-state index in [0.717, 1.165) is 22.5 Å². The lowest BCUT2D eigenvalue weighted by molar-refractivity contribution is -0.0192. The van der Waals surface area contributed by atoms with Crippen molar-refractivity contribution in [1.82, 2.24) is 0 Å². The Morgan fingerprint density at radius 3 is 2.48 bits per heavy atom. The first-order chi connectivity index (χ1) is 11.1. The first-order valence-corrected chi connectivity index (χ1v) is 7.69. The highest BCUT2D eigenvalue weighted by Gasteiger charge is 2.37. The van der Waals surface area contributed by atoms with Crippen molar-refractivity contribution < 1.29 is 19.3 Å². The van der Waals surface area contributed by atoms with Gasteiger partial charge < -0.3 is 19.3 Å². The summed E-state index contributed by atoms with van der Waals surface area (Å²) in [5, 5.41) is 10.3. The molecule has 0 fully saturated rings. The summed E-state index contributed by atoms with van der Waals surface area (Å²) in [7, 11) is 0. The van der Waals surface area contributed by atoms with E-state index in [0.29, 0.717) is 17.1 Å². The molecule has 23 heavy (non-hydrogen) atoms. The summed E-state index contributed by atoms with van der Waals surface area (Å²) in [6.07, 6.45) is -0.664. The second-order valence-corrected chi connectivity index (χ2v) is 5.97. The minimum atomic E-state index is -0.456.